The predicted octanol–water partition coefficient (Wildman–Crippen LogP) is 2.48. The molecule has 0 unspecified atom stereocenters. The quantitative estimate of drug-likeness (QED) is 0.711. The summed E-state index contributed by atoms with van der Waals surface area (Å²) >= 11 is 0. The number of rotatable bonds is 7. The number of nitrogens with one attached hydrogen (secondary N) is 1. The van der Waals surface area contributed by atoms with Gasteiger partial charge in [-0.15, -0.1) is 0 Å². The fraction of sp³-hybridized carbons (Fsp3) is 0.200. The Hall–Kier alpha value is -3.28. The molecule has 0 aliphatic rings. The van der Waals surface area contributed by atoms with Crippen LogP contribution >= 0.6 is 0 Å². The molecule has 0 spiro atoms. The summed E-state index contributed by atoms with van der Waals surface area (Å²) < 4.78 is 0. The molecule has 2 heterocycles. The van der Waals surface area contributed by atoms with Crippen molar-refractivity contribution in [2.45, 2.75) is 13.0 Å². The minimum absolute atomic E-state index is 0.229. The zero-order chi connectivity index (χ0) is 18.2. The fourth-order valence-electron chi connectivity index (χ4n) is 2.47. The van der Waals surface area contributed by atoms with Gasteiger partial charge in [0.2, 0.25) is 0 Å². The molecule has 1 aromatic carbocycles. The molecule has 0 bridgehead atoms. The Labute approximate surface area is 153 Å². The molecule has 0 aliphatic heterocycles. The molecule has 132 valence electrons. The minimum atomic E-state index is -0.229. The molecule has 0 fully saturated rings. The maximum atomic E-state index is 12.2. The molecule has 1 N–H and O–H groups in total. The summed E-state index contributed by atoms with van der Waals surface area (Å²) in [6.07, 6.45) is 7.61. The van der Waals surface area contributed by atoms with E-state index < -0.39 is 0 Å². The molecular formula is C20H21N5O. The van der Waals surface area contributed by atoms with Gasteiger partial charge in [0.1, 0.15) is 11.5 Å². The van der Waals surface area contributed by atoms with Crippen LogP contribution in [-0.2, 0) is 13.0 Å². The van der Waals surface area contributed by atoms with Gasteiger partial charge < -0.3 is 10.2 Å². The molecule has 6 nitrogen and oxygen atoms in total. The van der Waals surface area contributed by atoms with Crippen LogP contribution < -0.4 is 10.2 Å². The van der Waals surface area contributed by atoms with E-state index in [4.69, 9.17) is 0 Å². The Morgan fingerprint density at radius 1 is 1.00 bits per heavy atom. The highest BCUT2D eigenvalue weighted by Gasteiger charge is 2.09. The van der Waals surface area contributed by atoms with Gasteiger partial charge >= 0.3 is 0 Å². The molecule has 3 rings (SSSR count). The van der Waals surface area contributed by atoms with Crippen molar-refractivity contribution in [3.8, 4) is 0 Å². The second-order valence-corrected chi connectivity index (χ2v) is 5.96. The molecule has 2 aromatic heterocycles. The Balaban J connectivity index is 1.53. The van der Waals surface area contributed by atoms with Gasteiger partial charge in [-0.1, -0.05) is 30.3 Å². The van der Waals surface area contributed by atoms with E-state index in [9.17, 15) is 4.79 Å². The van der Waals surface area contributed by atoms with Crippen LogP contribution in [0.2, 0.25) is 0 Å². The highest BCUT2D eigenvalue weighted by Crippen LogP contribution is 2.09. The van der Waals surface area contributed by atoms with Crippen LogP contribution in [-0.4, -0.2) is 34.5 Å². The van der Waals surface area contributed by atoms with E-state index in [2.05, 4.69) is 20.3 Å². The number of carbonyl (C=O) groups excluding carboxylic acids is 1. The van der Waals surface area contributed by atoms with Gasteiger partial charge in [0.15, 0.2) is 0 Å². The standard InChI is InChI=1S/C20H21N5O/c1-25(12-9-16-7-10-21-11-8-16)19-15-22-18(14-23-19)20(26)24-13-17-5-3-2-4-6-17/h2-8,10-11,14-15H,9,12-13H2,1H3,(H,24,26). The molecule has 0 saturated carbocycles. The first-order valence-electron chi connectivity index (χ1n) is 8.46. The molecule has 6 heteroatoms. The maximum Gasteiger partial charge on any atom is 0.271 e. The summed E-state index contributed by atoms with van der Waals surface area (Å²) in [4.78, 5) is 26.8. The Bertz CT molecular complexity index is 822. The lowest BCUT2D eigenvalue weighted by atomic mass is 10.2. The lowest BCUT2D eigenvalue weighted by Crippen LogP contribution is -2.25. The monoisotopic (exact) mass is 347 g/mol. The number of hydrogen-bond acceptors (Lipinski definition) is 5. The summed E-state index contributed by atoms with van der Waals surface area (Å²) in [6.45, 7) is 1.27. The van der Waals surface area contributed by atoms with Crippen LogP contribution in [0.4, 0.5) is 5.82 Å². The minimum Gasteiger partial charge on any atom is -0.358 e. The van der Waals surface area contributed by atoms with Crippen molar-refractivity contribution in [2.24, 2.45) is 0 Å². The summed E-state index contributed by atoms with van der Waals surface area (Å²) in [5, 5.41) is 2.85. The van der Waals surface area contributed by atoms with E-state index in [-0.39, 0.29) is 5.91 Å². The van der Waals surface area contributed by atoms with Crippen LogP contribution in [0.5, 0.6) is 0 Å². The molecule has 26 heavy (non-hydrogen) atoms. The van der Waals surface area contributed by atoms with Crippen molar-refractivity contribution >= 4 is 11.7 Å². The van der Waals surface area contributed by atoms with Gasteiger partial charge in [0, 0.05) is 32.5 Å². The van der Waals surface area contributed by atoms with Crippen LogP contribution in [0, 0.1) is 0 Å². The molecule has 0 aliphatic carbocycles. The number of carbonyl (C=O) groups is 1. The number of amides is 1. The summed E-state index contributed by atoms with van der Waals surface area (Å²) in [7, 11) is 1.96. The lowest BCUT2D eigenvalue weighted by Gasteiger charge is -2.17. The average Bonchev–Trinajstić information content (AvgIpc) is 2.72. The lowest BCUT2D eigenvalue weighted by molar-refractivity contribution is 0.0945. The first-order chi connectivity index (χ1) is 12.7. The van der Waals surface area contributed by atoms with Crippen molar-refractivity contribution < 1.29 is 4.79 Å². The number of likely N-dealkylation sites (N-methyl/N-ethyl adjacent to an activating group) is 1. The Morgan fingerprint density at radius 3 is 2.46 bits per heavy atom. The number of hydrogen-bond donors (Lipinski definition) is 1. The summed E-state index contributed by atoms with van der Waals surface area (Å²) in [6, 6.07) is 13.8. The van der Waals surface area contributed by atoms with Crippen molar-refractivity contribution in [1.29, 1.82) is 0 Å². The van der Waals surface area contributed by atoms with Gasteiger partial charge in [-0.25, -0.2) is 9.97 Å². The normalized spacial score (nSPS) is 10.3. The smallest absolute Gasteiger partial charge is 0.271 e. The molecule has 0 radical (unpaired) electrons. The number of nitrogens with zero attached hydrogens (tertiary/aromatic N) is 4. The summed E-state index contributed by atoms with van der Waals surface area (Å²) in [5.41, 5.74) is 2.57. The summed E-state index contributed by atoms with van der Waals surface area (Å²) in [5.74, 6) is 0.506. The van der Waals surface area contributed by atoms with Crippen molar-refractivity contribution in [1.82, 2.24) is 20.3 Å². The van der Waals surface area contributed by atoms with E-state index in [0.29, 0.717) is 12.2 Å². The number of aromatic nitrogens is 3. The molecule has 3 aromatic rings. The predicted molar refractivity (Wildman–Crippen MR) is 101 cm³/mol. The SMILES string of the molecule is CN(CCc1ccncc1)c1cnc(C(=O)NCc2ccccc2)cn1. The van der Waals surface area contributed by atoms with Gasteiger partial charge in [-0.2, -0.15) is 0 Å². The van der Waals surface area contributed by atoms with Crippen LogP contribution in [0.15, 0.2) is 67.3 Å². The third kappa shape index (κ3) is 4.86. The van der Waals surface area contributed by atoms with E-state index in [1.807, 2.05) is 54.4 Å². The highest BCUT2D eigenvalue weighted by atomic mass is 16.1. The average molecular weight is 347 g/mol. The zero-order valence-corrected chi connectivity index (χ0v) is 14.7. The number of pyridine rings is 1. The van der Waals surface area contributed by atoms with Gasteiger partial charge in [-0.3, -0.25) is 9.78 Å². The Kier molecular flexibility index (Phi) is 5.88. The second-order valence-electron chi connectivity index (χ2n) is 5.96. The first-order valence-corrected chi connectivity index (χ1v) is 8.46. The van der Waals surface area contributed by atoms with Crippen molar-refractivity contribution in [3.05, 3.63) is 84.1 Å². The van der Waals surface area contributed by atoms with Crippen LogP contribution in [0.3, 0.4) is 0 Å². The maximum absolute atomic E-state index is 12.2. The van der Waals surface area contributed by atoms with E-state index in [1.165, 1.54) is 11.8 Å². The molecule has 0 saturated heterocycles. The largest absolute Gasteiger partial charge is 0.358 e. The fourth-order valence-corrected chi connectivity index (χ4v) is 2.47. The molecular weight excluding hydrogens is 326 g/mol. The van der Waals surface area contributed by atoms with Crippen molar-refractivity contribution in [2.75, 3.05) is 18.5 Å². The van der Waals surface area contributed by atoms with Gasteiger partial charge in [-0.05, 0) is 29.7 Å². The molecule has 1 amide bonds. The van der Waals surface area contributed by atoms with E-state index >= 15 is 0 Å². The zero-order valence-electron chi connectivity index (χ0n) is 14.7. The Morgan fingerprint density at radius 2 is 1.77 bits per heavy atom. The van der Waals surface area contributed by atoms with Gasteiger partial charge in [0.25, 0.3) is 5.91 Å². The third-order valence-corrected chi connectivity index (χ3v) is 4.04. The van der Waals surface area contributed by atoms with Crippen LogP contribution in [0.25, 0.3) is 0 Å². The number of anilines is 1. The van der Waals surface area contributed by atoms with Crippen LogP contribution in [0.1, 0.15) is 21.6 Å². The van der Waals surface area contributed by atoms with E-state index in [1.54, 1.807) is 18.6 Å². The molecule has 0 atom stereocenters. The van der Waals surface area contributed by atoms with E-state index in [0.717, 1.165) is 24.3 Å². The van der Waals surface area contributed by atoms with Crippen molar-refractivity contribution in [3.63, 3.8) is 0 Å². The first kappa shape index (κ1) is 17.5. The third-order valence-electron chi connectivity index (χ3n) is 4.04. The van der Waals surface area contributed by atoms with Gasteiger partial charge in [0.05, 0.1) is 12.4 Å². The highest BCUT2D eigenvalue weighted by molar-refractivity contribution is 5.91. The topological polar surface area (TPSA) is 71.0 Å². The second kappa shape index (κ2) is 8.71. The number of benzene rings is 1.